The van der Waals surface area contributed by atoms with E-state index in [2.05, 4.69) is 16.8 Å². The van der Waals surface area contributed by atoms with Gasteiger partial charge in [-0.1, -0.05) is 13.0 Å². The zero-order valence-electron chi connectivity index (χ0n) is 16.7. The summed E-state index contributed by atoms with van der Waals surface area (Å²) in [5.41, 5.74) is 3.07. The van der Waals surface area contributed by atoms with Crippen molar-refractivity contribution in [2.75, 3.05) is 27.3 Å². The fourth-order valence-electron chi connectivity index (χ4n) is 5.20. The second-order valence-electron chi connectivity index (χ2n) is 7.80. The molecule has 2 aliphatic rings. The zero-order chi connectivity index (χ0) is 19.9. The van der Waals surface area contributed by atoms with Crippen molar-refractivity contribution in [2.45, 2.75) is 38.6 Å². The van der Waals surface area contributed by atoms with E-state index in [1.54, 1.807) is 6.07 Å². The van der Waals surface area contributed by atoms with E-state index in [1.165, 1.54) is 19.8 Å². The largest absolute Gasteiger partial charge is 0.507 e. The van der Waals surface area contributed by atoms with Gasteiger partial charge < -0.3 is 19.6 Å². The van der Waals surface area contributed by atoms with Gasteiger partial charge in [-0.25, -0.2) is 4.79 Å². The highest BCUT2D eigenvalue weighted by Gasteiger charge is 2.47. The van der Waals surface area contributed by atoms with Crippen LogP contribution in [0.25, 0.3) is 10.9 Å². The molecule has 0 amide bonds. The van der Waals surface area contributed by atoms with Crippen LogP contribution in [0.4, 0.5) is 0 Å². The first-order chi connectivity index (χ1) is 13.5. The van der Waals surface area contributed by atoms with Crippen molar-refractivity contribution in [1.82, 2.24) is 9.88 Å². The fourth-order valence-corrected chi connectivity index (χ4v) is 5.20. The molecular formula is C22H28N2O4. The summed E-state index contributed by atoms with van der Waals surface area (Å²) in [4.78, 5) is 18.3. The lowest BCUT2D eigenvalue weighted by Crippen LogP contribution is -2.48. The average molecular weight is 384 g/mol. The monoisotopic (exact) mass is 384 g/mol. The van der Waals surface area contributed by atoms with Crippen molar-refractivity contribution >= 4 is 16.9 Å². The lowest BCUT2D eigenvalue weighted by atomic mass is 9.67. The van der Waals surface area contributed by atoms with Gasteiger partial charge >= 0.3 is 5.97 Å². The third kappa shape index (κ3) is 2.78. The number of phenols is 1. The van der Waals surface area contributed by atoms with E-state index in [-0.39, 0.29) is 17.2 Å². The quantitative estimate of drug-likeness (QED) is 0.478. The molecule has 2 aromatic rings. The molecule has 150 valence electrons. The van der Waals surface area contributed by atoms with Crippen molar-refractivity contribution in [3.8, 4) is 5.75 Å². The maximum absolute atomic E-state index is 12.2. The van der Waals surface area contributed by atoms with Crippen molar-refractivity contribution < 1.29 is 19.4 Å². The topological polar surface area (TPSA) is 74.8 Å². The van der Waals surface area contributed by atoms with Crippen molar-refractivity contribution in [2.24, 2.45) is 5.41 Å². The van der Waals surface area contributed by atoms with E-state index in [1.807, 2.05) is 18.2 Å². The number of rotatable bonds is 4. The van der Waals surface area contributed by atoms with Gasteiger partial charge in [-0.15, -0.1) is 0 Å². The van der Waals surface area contributed by atoms with Crippen LogP contribution >= 0.6 is 0 Å². The molecule has 6 nitrogen and oxygen atoms in total. The van der Waals surface area contributed by atoms with E-state index >= 15 is 0 Å². The molecule has 1 aromatic carbocycles. The number of piperidine rings is 1. The molecule has 28 heavy (non-hydrogen) atoms. The standard InChI is InChI=1S/C22H28N2O4/c1-4-22(13-17(27-2)21(26)28-3)10-6-11-24-12-9-14-18-15(7-5-8-16(18)25)23-19(14)20(22)24/h5,7-8,13,20,23,25H,4,6,9-12H2,1-3H3/t20-,22+/m1/s1. The van der Waals surface area contributed by atoms with Gasteiger partial charge in [-0.05, 0) is 56.0 Å². The number of esters is 1. The molecule has 0 aliphatic carbocycles. The Morgan fingerprint density at radius 3 is 2.89 bits per heavy atom. The van der Waals surface area contributed by atoms with Crippen LogP contribution in [0.3, 0.4) is 0 Å². The lowest BCUT2D eigenvalue weighted by molar-refractivity contribution is -0.139. The van der Waals surface area contributed by atoms with E-state index in [9.17, 15) is 9.90 Å². The maximum Gasteiger partial charge on any atom is 0.372 e. The first-order valence-corrected chi connectivity index (χ1v) is 9.96. The zero-order valence-corrected chi connectivity index (χ0v) is 16.7. The first kappa shape index (κ1) is 18.9. The minimum atomic E-state index is -0.447. The van der Waals surface area contributed by atoms with Gasteiger partial charge in [0.15, 0.2) is 0 Å². The Labute approximate surface area is 165 Å². The number of ether oxygens (including phenoxy) is 2. The third-order valence-electron chi connectivity index (χ3n) is 6.54. The highest BCUT2D eigenvalue weighted by atomic mass is 16.6. The van der Waals surface area contributed by atoms with Gasteiger partial charge in [0.25, 0.3) is 0 Å². The normalized spacial score (nSPS) is 25.2. The number of H-pyrrole nitrogens is 1. The van der Waals surface area contributed by atoms with Crippen molar-refractivity contribution in [3.63, 3.8) is 0 Å². The van der Waals surface area contributed by atoms with Crippen LogP contribution in [0, 0.1) is 5.41 Å². The van der Waals surface area contributed by atoms with E-state index in [4.69, 9.17) is 9.47 Å². The minimum Gasteiger partial charge on any atom is -0.507 e. The Kier molecular flexibility index (Phi) is 4.83. The molecule has 0 radical (unpaired) electrons. The molecule has 2 N–H and O–H groups in total. The number of hydrogen-bond acceptors (Lipinski definition) is 5. The predicted molar refractivity (Wildman–Crippen MR) is 107 cm³/mol. The SMILES string of the molecule is CC[C@@]1(C=C(OC)C(=O)OC)CCCN2CCc3c([nH]c4cccc(O)c34)[C@@H]21. The number of aromatic nitrogens is 1. The number of methoxy groups -OCH3 is 2. The van der Waals surface area contributed by atoms with Gasteiger partial charge in [-0.2, -0.15) is 0 Å². The Balaban J connectivity index is 1.90. The van der Waals surface area contributed by atoms with Gasteiger partial charge in [0.2, 0.25) is 5.76 Å². The molecule has 2 aliphatic heterocycles. The van der Waals surface area contributed by atoms with Crippen LogP contribution in [-0.2, 0) is 20.7 Å². The Morgan fingerprint density at radius 1 is 1.36 bits per heavy atom. The maximum atomic E-state index is 12.2. The van der Waals surface area contributed by atoms with Crippen LogP contribution in [0.2, 0.25) is 0 Å². The van der Waals surface area contributed by atoms with Gasteiger partial charge in [-0.3, -0.25) is 4.90 Å². The number of aromatic amines is 1. The lowest BCUT2D eigenvalue weighted by Gasteiger charge is -2.50. The summed E-state index contributed by atoms with van der Waals surface area (Å²) < 4.78 is 10.3. The average Bonchev–Trinajstić information content (AvgIpc) is 3.11. The van der Waals surface area contributed by atoms with Crippen molar-refractivity contribution in [1.29, 1.82) is 0 Å². The number of carbonyl (C=O) groups excluding carboxylic acids is 1. The highest BCUT2D eigenvalue weighted by molar-refractivity contribution is 5.91. The second-order valence-corrected chi connectivity index (χ2v) is 7.80. The van der Waals surface area contributed by atoms with Crippen LogP contribution in [0.1, 0.15) is 43.5 Å². The van der Waals surface area contributed by atoms with Crippen LogP contribution < -0.4 is 0 Å². The summed E-state index contributed by atoms with van der Waals surface area (Å²) in [5.74, 6) is 0.138. The third-order valence-corrected chi connectivity index (χ3v) is 6.54. The predicted octanol–water partition coefficient (Wildman–Crippen LogP) is 3.67. The van der Waals surface area contributed by atoms with E-state index in [0.717, 1.165) is 55.4 Å². The molecule has 0 spiro atoms. The summed E-state index contributed by atoms with van der Waals surface area (Å²) >= 11 is 0. The molecule has 1 saturated heterocycles. The molecule has 0 saturated carbocycles. The summed E-state index contributed by atoms with van der Waals surface area (Å²) in [7, 11) is 2.89. The number of phenolic OH excluding ortho intramolecular Hbond substituents is 1. The molecule has 2 atom stereocenters. The molecule has 1 aromatic heterocycles. The molecule has 3 heterocycles. The first-order valence-electron chi connectivity index (χ1n) is 9.96. The van der Waals surface area contributed by atoms with E-state index in [0.29, 0.717) is 5.75 Å². The fraction of sp³-hybridized carbons (Fsp3) is 0.500. The minimum absolute atomic E-state index is 0.108. The van der Waals surface area contributed by atoms with Gasteiger partial charge in [0, 0.05) is 28.6 Å². The van der Waals surface area contributed by atoms with Crippen molar-refractivity contribution in [3.05, 3.63) is 41.3 Å². The molecule has 1 fully saturated rings. The number of aromatic hydroxyl groups is 1. The van der Waals surface area contributed by atoms with E-state index < -0.39 is 5.97 Å². The Hall–Kier alpha value is -2.47. The Bertz CT molecular complexity index is 932. The Morgan fingerprint density at radius 2 is 2.18 bits per heavy atom. The smallest absolute Gasteiger partial charge is 0.372 e. The van der Waals surface area contributed by atoms with Gasteiger partial charge in [0.05, 0.1) is 20.3 Å². The summed E-state index contributed by atoms with van der Waals surface area (Å²) in [6.07, 6.45) is 5.80. The highest BCUT2D eigenvalue weighted by Crippen LogP contribution is 2.53. The number of nitrogens with zero attached hydrogens (tertiary/aromatic N) is 1. The summed E-state index contributed by atoms with van der Waals surface area (Å²) in [6.45, 7) is 4.13. The van der Waals surface area contributed by atoms with Gasteiger partial charge in [0.1, 0.15) is 5.75 Å². The summed E-state index contributed by atoms with van der Waals surface area (Å²) in [5, 5.41) is 11.4. The molecule has 6 heteroatoms. The number of carbonyl (C=O) groups is 1. The molecule has 0 unspecified atom stereocenters. The number of benzene rings is 1. The second kappa shape index (κ2) is 7.17. The number of nitrogens with one attached hydrogen (secondary N) is 1. The molecule has 4 rings (SSSR count). The van der Waals surface area contributed by atoms with Crippen LogP contribution in [-0.4, -0.2) is 48.3 Å². The number of fused-ring (bicyclic) bond motifs is 5. The number of hydrogen-bond donors (Lipinski definition) is 2. The molecule has 0 bridgehead atoms. The summed E-state index contributed by atoms with van der Waals surface area (Å²) in [6, 6.07) is 5.73. The molecular weight excluding hydrogens is 356 g/mol. The van der Waals surface area contributed by atoms with Crippen LogP contribution in [0.15, 0.2) is 30.0 Å². The van der Waals surface area contributed by atoms with Crippen LogP contribution in [0.5, 0.6) is 5.75 Å².